The number of fused-ring (bicyclic) bond motifs is 3. The van der Waals surface area contributed by atoms with Gasteiger partial charge in [0.1, 0.15) is 11.5 Å². The summed E-state index contributed by atoms with van der Waals surface area (Å²) in [6.45, 7) is 8.39. The summed E-state index contributed by atoms with van der Waals surface area (Å²) < 4.78 is 19.2. The van der Waals surface area contributed by atoms with Gasteiger partial charge in [-0.1, -0.05) is 78.9 Å². The SMILES string of the molecule is CC1(C)OB(c2ccc(-c3ccc4c5c(cccc35)Oc3ccccc3-4)c3ccccc23)OC1(C)C. The van der Waals surface area contributed by atoms with E-state index in [-0.39, 0.29) is 11.2 Å². The lowest BCUT2D eigenvalue weighted by Crippen LogP contribution is -2.41. The van der Waals surface area contributed by atoms with Gasteiger partial charge in [0.25, 0.3) is 0 Å². The van der Waals surface area contributed by atoms with Gasteiger partial charge in [0.2, 0.25) is 0 Å². The minimum atomic E-state index is -0.407. The Morgan fingerprint density at radius 3 is 1.89 bits per heavy atom. The van der Waals surface area contributed by atoms with Crippen LogP contribution in [-0.4, -0.2) is 18.3 Å². The molecule has 0 saturated carbocycles. The van der Waals surface area contributed by atoms with Crippen LogP contribution in [0.3, 0.4) is 0 Å². The molecule has 2 aliphatic heterocycles. The van der Waals surface area contributed by atoms with Crippen molar-refractivity contribution in [3.05, 3.63) is 91.0 Å². The number of benzene rings is 5. The Labute approximate surface area is 211 Å². The first-order valence-electron chi connectivity index (χ1n) is 12.5. The highest BCUT2D eigenvalue weighted by Gasteiger charge is 2.52. The topological polar surface area (TPSA) is 27.7 Å². The standard InChI is InChI=1S/C32H27BO3/c1-31(2)32(3,4)36-33(35-31)27-19-18-21(20-10-5-6-11-23(20)27)22-16-17-26-24-12-7-8-14-28(24)34-29-15-9-13-25(22)30(26)29/h5-19H,1-4H3. The van der Waals surface area contributed by atoms with Gasteiger partial charge in [-0.25, -0.2) is 0 Å². The number of hydrogen-bond acceptors (Lipinski definition) is 3. The Morgan fingerprint density at radius 1 is 0.500 bits per heavy atom. The van der Waals surface area contributed by atoms with E-state index in [2.05, 4.69) is 107 Å². The highest BCUT2D eigenvalue weighted by atomic mass is 16.7. The molecule has 0 bridgehead atoms. The van der Waals surface area contributed by atoms with E-state index in [1.165, 1.54) is 27.5 Å². The average Bonchev–Trinajstić information content (AvgIpc) is 3.10. The third-order valence-electron chi connectivity index (χ3n) is 8.15. The first-order chi connectivity index (χ1) is 17.3. The molecule has 176 valence electrons. The van der Waals surface area contributed by atoms with Crippen LogP contribution in [-0.2, 0) is 9.31 Å². The fourth-order valence-electron chi connectivity index (χ4n) is 5.55. The van der Waals surface area contributed by atoms with Crippen LogP contribution in [0.2, 0.25) is 0 Å². The lowest BCUT2D eigenvalue weighted by molar-refractivity contribution is 0.00578. The van der Waals surface area contributed by atoms with Gasteiger partial charge in [-0.3, -0.25) is 0 Å². The van der Waals surface area contributed by atoms with Gasteiger partial charge >= 0.3 is 7.12 Å². The van der Waals surface area contributed by atoms with Crippen molar-refractivity contribution in [1.29, 1.82) is 0 Å². The normalized spacial score (nSPS) is 17.3. The van der Waals surface area contributed by atoms with Gasteiger partial charge in [-0.2, -0.15) is 0 Å². The molecule has 0 unspecified atom stereocenters. The van der Waals surface area contributed by atoms with Crippen LogP contribution in [0.1, 0.15) is 27.7 Å². The molecule has 2 heterocycles. The maximum absolute atomic E-state index is 6.42. The van der Waals surface area contributed by atoms with E-state index < -0.39 is 7.12 Å². The predicted octanol–water partition coefficient (Wildman–Crippen LogP) is 7.73. The number of para-hydroxylation sites is 1. The van der Waals surface area contributed by atoms with Crippen molar-refractivity contribution in [3.63, 3.8) is 0 Å². The first-order valence-corrected chi connectivity index (χ1v) is 12.5. The Kier molecular flexibility index (Phi) is 4.49. The molecule has 0 atom stereocenters. The Morgan fingerprint density at radius 2 is 1.08 bits per heavy atom. The molecular formula is C32H27BO3. The van der Waals surface area contributed by atoms with E-state index >= 15 is 0 Å². The first kappa shape index (κ1) is 21.7. The molecule has 0 radical (unpaired) electrons. The molecule has 0 aliphatic carbocycles. The Balaban J connectivity index is 1.44. The monoisotopic (exact) mass is 470 g/mol. The van der Waals surface area contributed by atoms with Gasteiger partial charge in [0.15, 0.2) is 0 Å². The summed E-state index contributed by atoms with van der Waals surface area (Å²) in [4.78, 5) is 0. The second-order valence-electron chi connectivity index (χ2n) is 10.8. The number of hydrogen-bond donors (Lipinski definition) is 0. The van der Waals surface area contributed by atoms with Crippen molar-refractivity contribution < 1.29 is 14.0 Å². The van der Waals surface area contributed by atoms with E-state index in [9.17, 15) is 0 Å². The molecule has 3 nitrogen and oxygen atoms in total. The summed E-state index contributed by atoms with van der Waals surface area (Å²) >= 11 is 0. The van der Waals surface area contributed by atoms with Crippen LogP contribution in [0, 0.1) is 0 Å². The van der Waals surface area contributed by atoms with Gasteiger partial charge < -0.3 is 14.0 Å². The van der Waals surface area contributed by atoms with Gasteiger partial charge in [0, 0.05) is 10.9 Å². The number of ether oxygens (including phenoxy) is 1. The summed E-state index contributed by atoms with van der Waals surface area (Å²) in [5.74, 6) is 1.81. The second kappa shape index (κ2) is 7.46. The third kappa shape index (κ3) is 3.01. The second-order valence-corrected chi connectivity index (χ2v) is 10.8. The van der Waals surface area contributed by atoms with E-state index in [1.807, 2.05) is 12.1 Å². The van der Waals surface area contributed by atoms with E-state index in [4.69, 9.17) is 14.0 Å². The van der Waals surface area contributed by atoms with Crippen LogP contribution in [0.15, 0.2) is 91.0 Å². The molecule has 0 aromatic heterocycles. The Hall–Kier alpha value is -3.60. The minimum Gasteiger partial charge on any atom is -0.456 e. The van der Waals surface area contributed by atoms with Crippen molar-refractivity contribution in [2.24, 2.45) is 0 Å². The molecule has 0 spiro atoms. The fraction of sp³-hybridized carbons (Fsp3) is 0.188. The van der Waals surface area contributed by atoms with E-state index in [1.54, 1.807) is 0 Å². The molecule has 2 aliphatic rings. The molecule has 1 saturated heterocycles. The fourth-order valence-corrected chi connectivity index (χ4v) is 5.55. The largest absolute Gasteiger partial charge is 0.495 e. The molecule has 0 amide bonds. The average molecular weight is 470 g/mol. The predicted molar refractivity (Wildman–Crippen MR) is 148 cm³/mol. The molecule has 7 rings (SSSR count). The van der Waals surface area contributed by atoms with Crippen LogP contribution in [0.25, 0.3) is 43.8 Å². The molecule has 5 aromatic carbocycles. The summed E-state index contributed by atoms with van der Waals surface area (Å²) in [5, 5.41) is 4.68. The van der Waals surface area contributed by atoms with Crippen molar-refractivity contribution in [1.82, 2.24) is 0 Å². The van der Waals surface area contributed by atoms with Gasteiger partial charge in [-0.15, -0.1) is 0 Å². The minimum absolute atomic E-state index is 0.385. The van der Waals surface area contributed by atoms with Crippen molar-refractivity contribution in [2.45, 2.75) is 38.9 Å². The molecule has 1 fully saturated rings. The zero-order valence-corrected chi connectivity index (χ0v) is 21.0. The highest BCUT2D eigenvalue weighted by Crippen LogP contribution is 2.49. The van der Waals surface area contributed by atoms with Crippen LogP contribution in [0.5, 0.6) is 11.5 Å². The molecule has 5 aromatic rings. The quantitative estimate of drug-likeness (QED) is 0.242. The lowest BCUT2D eigenvalue weighted by Gasteiger charge is -2.32. The molecule has 0 N–H and O–H groups in total. The van der Waals surface area contributed by atoms with Crippen LogP contribution >= 0.6 is 0 Å². The zero-order valence-electron chi connectivity index (χ0n) is 21.0. The molecule has 4 heteroatoms. The smallest absolute Gasteiger partial charge is 0.456 e. The van der Waals surface area contributed by atoms with Crippen molar-refractivity contribution >= 4 is 34.1 Å². The zero-order chi connectivity index (χ0) is 24.7. The summed E-state index contributed by atoms with van der Waals surface area (Å²) in [7, 11) is -0.407. The van der Waals surface area contributed by atoms with Crippen molar-refractivity contribution in [2.75, 3.05) is 0 Å². The maximum Gasteiger partial charge on any atom is 0.495 e. The van der Waals surface area contributed by atoms with Gasteiger partial charge in [-0.05, 0) is 78.1 Å². The van der Waals surface area contributed by atoms with Crippen LogP contribution < -0.4 is 10.2 Å². The summed E-state index contributed by atoms with van der Waals surface area (Å²) in [5.41, 5.74) is 5.02. The molecule has 36 heavy (non-hydrogen) atoms. The van der Waals surface area contributed by atoms with Crippen LogP contribution in [0.4, 0.5) is 0 Å². The lowest BCUT2D eigenvalue weighted by atomic mass is 9.74. The summed E-state index contributed by atoms with van der Waals surface area (Å²) in [6, 6.07) is 32.0. The third-order valence-corrected chi connectivity index (χ3v) is 8.15. The van der Waals surface area contributed by atoms with E-state index in [0.717, 1.165) is 33.3 Å². The highest BCUT2D eigenvalue weighted by molar-refractivity contribution is 6.65. The van der Waals surface area contributed by atoms with Crippen molar-refractivity contribution in [3.8, 4) is 33.8 Å². The van der Waals surface area contributed by atoms with Gasteiger partial charge in [0.05, 0.1) is 11.2 Å². The Bertz CT molecular complexity index is 1670. The maximum atomic E-state index is 6.42. The van der Waals surface area contributed by atoms with E-state index in [0.29, 0.717) is 0 Å². The molecular weight excluding hydrogens is 443 g/mol. The number of rotatable bonds is 2. The summed E-state index contributed by atoms with van der Waals surface area (Å²) in [6.07, 6.45) is 0.